The Morgan fingerprint density at radius 3 is 2.50 bits per heavy atom. The van der Waals surface area contributed by atoms with Crippen molar-refractivity contribution in [3.8, 4) is 0 Å². The van der Waals surface area contributed by atoms with Crippen molar-refractivity contribution in [3.63, 3.8) is 0 Å². The number of urea groups is 1. The minimum Gasteiger partial charge on any atom is -0.481 e. The van der Waals surface area contributed by atoms with Gasteiger partial charge in [0.05, 0.1) is 30.7 Å². The number of carbonyl (C=O) groups excluding carboxylic acids is 1. The van der Waals surface area contributed by atoms with Gasteiger partial charge in [0.15, 0.2) is 0 Å². The van der Waals surface area contributed by atoms with Crippen molar-refractivity contribution in [3.05, 3.63) is 0 Å². The van der Waals surface area contributed by atoms with Crippen LogP contribution in [0, 0.1) is 0 Å². The van der Waals surface area contributed by atoms with Gasteiger partial charge < -0.3 is 20.1 Å². The SMILES string of the molecule is CC1(C)CN(C(=O)NC2(CC(=O)O)CCCC2)CCO1. The Hall–Kier alpha value is -1.30. The lowest BCUT2D eigenvalue weighted by Crippen LogP contribution is -2.58. The number of hydrogen-bond acceptors (Lipinski definition) is 3. The van der Waals surface area contributed by atoms with Gasteiger partial charge in [-0.15, -0.1) is 0 Å². The van der Waals surface area contributed by atoms with Crippen LogP contribution in [0.1, 0.15) is 46.0 Å². The number of carbonyl (C=O) groups is 2. The largest absolute Gasteiger partial charge is 0.481 e. The number of aliphatic carboxylic acids is 1. The molecule has 0 atom stereocenters. The Morgan fingerprint density at radius 2 is 1.95 bits per heavy atom. The van der Waals surface area contributed by atoms with E-state index in [1.807, 2.05) is 13.8 Å². The maximum absolute atomic E-state index is 12.4. The molecule has 6 nitrogen and oxygen atoms in total. The highest BCUT2D eigenvalue weighted by Gasteiger charge is 2.39. The van der Waals surface area contributed by atoms with Crippen LogP contribution in [0.2, 0.25) is 0 Å². The Bertz CT molecular complexity index is 389. The fourth-order valence-electron chi connectivity index (χ4n) is 3.18. The molecule has 0 bridgehead atoms. The quantitative estimate of drug-likeness (QED) is 0.825. The molecular formula is C14H24N2O4. The molecule has 1 aliphatic carbocycles. The van der Waals surface area contributed by atoms with Crippen LogP contribution < -0.4 is 5.32 Å². The molecule has 6 heteroatoms. The molecule has 1 saturated carbocycles. The third-order valence-electron chi connectivity index (χ3n) is 4.14. The van der Waals surface area contributed by atoms with Crippen molar-refractivity contribution in [1.29, 1.82) is 0 Å². The van der Waals surface area contributed by atoms with Gasteiger partial charge in [-0.25, -0.2) is 4.79 Å². The molecule has 0 aromatic heterocycles. The van der Waals surface area contributed by atoms with Crippen LogP contribution in [0.4, 0.5) is 4.79 Å². The number of hydrogen-bond donors (Lipinski definition) is 2. The summed E-state index contributed by atoms with van der Waals surface area (Å²) in [5.41, 5.74) is -0.906. The molecule has 2 rings (SSSR count). The van der Waals surface area contributed by atoms with Gasteiger partial charge in [-0.1, -0.05) is 12.8 Å². The molecule has 1 saturated heterocycles. The number of rotatable bonds is 3. The van der Waals surface area contributed by atoms with E-state index in [0.29, 0.717) is 19.7 Å². The Balaban J connectivity index is 1.99. The van der Waals surface area contributed by atoms with E-state index >= 15 is 0 Å². The first-order valence-corrected chi connectivity index (χ1v) is 7.25. The van der Waals surface area contributed by atoms with E-state index in [2.05, 4.69) is 5.32 Å². The molecule has 1 heterocycles. The van der Waals surface area contributed by atoms with Crippen LogP contribution in [0.25, 0.3) is 0 Å². The Kier molecular flexibility index (Phi) is 4.22. The third-order valence-corrected chi connectivity index (χ3v) is 4.14. The first-order valence-electron chi connectivity index (χ1n) is 7.25. The van der Waals surface area contributed by atoms with Gasteiger partial charge in [0, 0.05) is 6.54 Å². The predicted molar refractivity (Wildman–Crippen MR) is 73.6 cm³/mol. The number of nitrogens with zero attached hydrogens (tertiary/aromatic N) is 1. The number of carboxylic acid groups (broad SMARTS) is 1. The maximum Gasteiger partial charge on any atom is 0.318 e. The van der Waals surface area contributed by atoms with Crippen molar-refractivity contribution in [1.82, 2.24) is 10.2 Å². The van der Waals surface area contributed by atoms with Crippen molar-refractivity contribution >= 4 is 12.0 Å². The number of amides is 2. The molecule has 0 aromatic carbocycles. The summed E-state index contributed by atoms with van der Waals surface area (Å²) in [6.07, 6.45) is 3.45. The Morgan fingerprint density at radius 1 is 1.30 bits per heavy atom. The maximum atomic E-state index is 12.4. The molecule has 0 unspecified atom stereocenters. The third kappa shape index (κ3) is 3.62. The zero-order chi connectivity index (χ0) is 14.8. The van der Waals surface area contributed by atoms with E-state index in [1.165, 1.54) is 0 Å². The molecule has 1 aliphatic heterocycles. The van der Waals surface area contributed by atoms with Crippen molar-refractivity contribution in [2.24, 2.45) is 0 Å². The highest BCUT2D eigenvalue weighted by Crippen LogP contribution is 2.33. The normalized spacial score (nSPS) is 24.4. The topological polar surface area (TPSA) is 78.9 Å². The minimum atomic E-state index is -0.852. The second kappa shape index (κ2) is 5.60. The predicted octanol–water partition coefficient (Wildman–Crippen LogP) is 1.59. The lowest BCUT2D eigenvalue weighted by Gasteiger charge is -2.40. The highest BCUT2D eigenvalue weighted by molar-refractivity contribution is 5.77. The zero-order valence-electron chi connectivity index (χ0n) is 12.3. The number of nitrogens with one attached hydrogen (secondary N) is 1. The van der Waals surface area contributed by atoms with E-state index in [4.69, 9.17) is 9.84 Å². The van der Waals surface area contributed by atoms with Crippen LogP contribution in [0.3, 0.4) is 0 Å². The van der Waals surface area contributed by atoms with Gasteiger partial charge in [0.25, 0.3) is 0 Å². The molecule has 2 amide bonds. The number of morpholine rings is 1. The van der Waals surface area contributed by atoms with Gasteiger partial charge in [0.1, 0.15) is 0 Å². The van der Waals surface area contributed by atoms with E-state index in [1.54, 1.807) is 4.90 Å². The van der Waals surface area contributed by atoms with Crippen molar-refractivity contribution < 1.29 is 19.4 Å². The zero-order valence-corrected chi connectivity index (χ0v) is 12.3. The standard InChI is InChI=1S/C14H24N2O4/c1-13(2)10-16(7-8-20-13)12(19)15-14(9-11(17)18)5-3-4-6-14/h3-10H2,1-2H3,(H,15,19)(H,17,18). The summed E-state index contributed by atoms with van der Waals surface area (Å²) in [6, 6.07) is -0.162. The number of carboxylic acids is 1. The molecule has 0 spiro atoms. The van der Waals surface area contributed by atoms with Crippen LogP contribution in [0.15, 0.2) is 0 Å². The molecule has 2 N–H and O–H groups in total. The fourth-order valence-corrected chi connectivity index (χ4v) is 3.18. The molecule has 2 aliphatic rings. The molecule has 2 fully saturated rings. The number of ether oxygens (including phenoxy) is 1. The minimum absolute atomic E-state index is 0.00642. The lowest BCUT2D eigenvalue weighted by atomic mass is 9.93. The first-order chi connectivity index (χ1) is 9.32. The van der Waals surface area contributed by atoms with Crippen molar-refractivity contribution in [2.75, 3.05) is 19.7 Å². The average Bonchev–Trinajstić information content (AvgIpc) is 2.75. The van der Waals surface area contributed by atoms with Crippen LogP contribution in [-0.2, 0) is 9.53 Å². The van der Waals surface area contributed by atoms with E-state index in [0.717, 1.165) is 25.7 Å². The van der Waals surface area contributed by atoms with Crippen molar-refractivity contribution in [2.45, 2.75) is 57.1 Å². The van der Waals surface area contributed by atoms with Gasteiger partial charge in [0.2, 0.25) is 0 Å². The summed E-state index contributed by atoms with van der Waals surface area (Å²) in [4.78, 5) is 25.2. The second-order valence-electron chi connectivity index (χ2n) is 6.52. The molecule has 0 aromatic rings. The molecule has 20 heavy (non-hydrogen) atoms. The summed E-state index contributed by atoms with van der Waals surface area (Å²) < 4.78 is 5.59. The highest BCUT2D eigenvalue weighted by atomic mass is 16.5. The summed E-state index contributed by atoms with van der Waals surface area (Å²) >= 11 is 0. The lowest BCUT2D eigenvalue weighted by molar-refractivity contribution is -0.138. The van der Waals surface area contributed by atoms with Crippen LogP contribution in [-0.4, -0.2) is 52.8 Å². The molecule has 114 valence electrons. The monoisotopic (exact) mass is 284 g/mol. The average molecular weight is 284 g/mol. The first kappa shape index (κ1) is 15.1. The van der Waals surface area contributed by atoms with Gasteiger partial charge in [-0.05, 0) is 26.7 Å². The van der Waals surface area contributed by atoms with Crippen LogP contribution >= 0.6 is 0 Å². The van der Waals surface area contributed by atoms with Crippen LogP contribution in [0.5, 0.6) is 0 Å². The second-order valence-corrected chi connectivity index (χ2v) is 6.52. The van der Waals surface area contributed by atoms with Gasteiger partial charge in [-0.2, -0.15) is 0 Å². The summed E-state index contributed by atoms with van der Waals surface area (Å²) in [5, 5.41) is 12.0. The molecule has 0 radical (unpaired) electrons. The van der Waals surface area contributed by atoms with E-state index in [9.17, 15) is 9.59 Å². The summed E-state index contributed by atoms with van der Waals surface area (Å²) in [6.45, 7) is 5.51. The smallest absolute Gasteiger partial charge is 0.318 e. The van der Waals surface area contributed by atoms with E-state index in [-0.39, 0.29) is 18.1 Å². The summed E-state index contributed by atoms with van der Waals surface area (Å²) in [5.74, 6) is -0.852. The van der Waals surface area contributed by atoms with Gasteiger partial charge in [-0.3, -0.25) is 4.79 Å². The fraction of sp³-hybridized carbons (Fsp3) is 0.857. The van der Waals surface area contributed by atoms with Gasteiger partial charge >= 0.3 is 12.0 Å². The molecular weight excluding hydrogens is 260 g/mol. The van der Waals surface area contributed by atoms with E-state index < -0.39 is 11.5 Å². The summed E-state index contributed by atoms with van der Waals surface area (Å²) in [7, 11) is 0. The Labute approximate surface area is 119 Å².